The van der Waals surface area contributed by atoms with Gasteiger partial charge >= 0.3 is 0 Å². The lowest BCUT2D eigenvalue weighted by Crippen LogP contribution is -2.30. The Labute approximate surface area is 160 Å². The van der Waals surface area contributed by atoms with Crippen molar-refractivity contribution < 1.29 is 14.6 Å². The second-order valence-electron chi connectivity index (χ2n) is 7.15. The van der Waals surface area contributed by atoms with Crippen LogP contribution in [0.5, 0.6) is 11.5 Å². The van der Waals surface area contributed by atoms with Crippen LogP contribution >= 0.6 is 0 Å². The van der Waals surface area contributed by atoms with Gasteiger partial charge in [0.15, 0.2) is 11.5 Å². The van der Waals surface area contributed by atoms with Crippen molar-refractivity contribution in [3.05, 3.63) is 30.0 Å². The van der Waals surface area contributed by atoms with Gasteiger partial charge < -0.3 is 25.2 Å². The van der Waals surface area contributed by atoms with Crippen molar-refractivity contribution in [3.8, 4) is 11.5 Å². The van der Waals surface area contributed by atoms with Crippen LogP contribution < -0.4 is 20.1 Å². The first-order valence-corrected chi connectivity index (χ1v) is 9.29. The van der Waals surface area contributed by atoms with Gasteiger partial charge in [-0.2, -0.15) is 4.98 Å². The number of nitrogens with one attached hydrogen (secondary N) is 2. The molecular formula is C20H28N4O3. The Morgan fingerprint density at radius 2 is 1.85 bits per heavy atom. The Morgan fingerprint density at radius 1 is 1.11 bits per heavy atom. The largest absolute Gasteiger partial charge is 0.493 e. The van der Waals surface area contributed by atoms with Crippen LogP contribution in [0.15, 0.2) is 24.3 Å². The molecule has 0 spiro atoms. The molecule has 0 amide bonds. The molecule has 0 saturated heterocycles. The maximum absolute atomic E-state index is 9.60. The fourth-order valence-electron chi connectivity index (χ4n) is 2.83. The minimum absolute atomic E-state index is 0.0348. The van der Waals surface area contributed by atoms with Gasteiger partial charge in [-0.3, -0.25) is 0 Å². The van der Waals surface area contributed by atoms with Gasteiger partial charge in [0.25, 0.3) is 0 Å². The summed E-state index contributed by atoms with van der Waals surface area (Å²) in [5, 5.41) is 16.2. The number of benzene rings is 1. The predicted octanol–water partition coefficient (Wildman–Crippen LogP) is 3.54. The van der Waals surface area contributed by atoms with Crippen molar-refractivity contribution in [2.75, 3.05) is 31.5 Å². The van der Waals surface area contributed by atoms with Crippen molar-refractivity contribution in [3.63, 3.8) is 0 Å². The topological polar surface area (TPSA) is 88.5 Å². The smallest absolute Gasteiger partial charge is 0.225 e. The Bertz CT molecular complexity index is 778. The van der Waals surface area contributed by atoms with Gasteiger partial charge in [-0.05, 0) is 30.9 Å². The molecule has 7 heteroatoms. The number of aliphatic hydroxyl groups excluding tert-OH is 1. The molecular weight excluding hydrogens is 344 g/mol. The predicted molar refractivity (Wildman–Crippen MR) is 106 cm³/mol. The normalized spacial score (nSPS) is 14.7. The lowest BCUT2D eigenvalue weighted by atomic mass is 10.1. The molecule has 3 N–H and O–H groups in total. The molecule has 1 fully saturated rings. The van der Waals surface area contributed by atoms with Crippen LogP contribution in [-0.4, -0.2) is 41.9 Å². The van der Waals surface area contributed by atoms with Crippen LogP contribution in [0.4, 0.5) is 17.5 Å². The number of ether oxygens (including phenoxy) is 2. The summed E-state index contributed by atoms with van der Waals surface area (Å²) < 4.78 is 10.7. The van der Waals surface area contributed by atoms with E-state index in [1.807, 2.05) is 24.3 Å². The lowest BCUT2D eigenvalue weighted by molar-refractivity contribution is 0.248. The summed E-state index contributed by atoms with van der Waals surface area (Å²) in [7, 11) is 3.22. The van der Waals surface area contributed by atoms with E-state index in [0.29, 0.717) is 29.2 Å². The van der Waals surface area contributed by atoms with E-state index < -0.39 is 0 Å². The molecule has 1 aromatic carbocycles. The second-order valence-corrected chi connectivity index (χ2v) is 7.15. The molecule has 1 aromatic heterocycles. The van der Waals surface area contributed by atoms with E-state index >= 15 is 0 Å². The third-order valence-corrected chi connectivity index (χ3v) is 4.71. The second kappa shape index (κ2) is 8.43. The van der Waals surface area contributed by atoms with E-state index in [1.54, 1.807) is 14.2 Å². The minimum Gasteiger partial charge on any atom is -0.493 e. The van der Waals surface area contributed by atoms with Crippen LogP contribution in [0.2, 0.25) is 0 Å². The molecule has 1 heterocycles. The molecule has 0 aliphatic heterocycles. The summed E-state index contributed by atoms with van der Waals surface area (Å²) >= 11 is 0. The third-order valence-electron chi connectivity index (χ3n) is 4.71. The van der Waals surface area contributed by atoms with Crippen LogP contribution in [0, 0.1) is 5.92 Å². The zero-order chi connectivity index (χ0) is 19.4. The Balaban J connectivity index is 1.86. The number of hydrogen-bond donors (Lipinski definition) is 3. The molecule has 1 atom stereocenters. The van der Waals surface area contributed by atoms with E-state index in [0.717, 1.165) is 24.2 Å². The summed E-state index contributed by atoms with van der Waals surface area (Å²) in [4.78, 5) is 9.24. The first-order chi connectivity index (χ1) is 13.0. The van der Waals surface area contributed by atoms with Crippen molar-refractivity contribution in [1.29, 1.82) is 0 Å². The standard InChI is InChI=1S/C20H28N4O3/c1-12(2)16(11-25)23-20-22-15(13-5-6-13)10-19(24-20)21-14-7-8-17(26-3)18(9-14)27-4/h7-10,12-13,16,25H,5-6,11H2,1-4H3,(H2,21,22,23,24)/t16-/m0/s1. The highest BCUT2D eigenvalue weighted by Gasteiger charge is 2.26. The Hall–Kier alpha value is -2.54. The molecule has 0 bridgehead atoms. The zero-order valence-corrected chi connectivity index (χ0v) is 16.3. The van der Waals surface area contributed by atoms with E-state index in [-0.39, 0.29) is 18.6 Å². The fraction of sp³-hybridized carbons (Fsp3) is 0.500. The van der Waals surface area contributed by atoms with Crippen molar-refractivity contribution in [1.82, 2.24) is 9.97 Å². The number of rotatable bonds is 9. The Kier molecular flexibility index (Phi) is 6.01. The molecule has 2 aromatic rings. The molecule has 7 nitrogen and oxygen atoms in total. The van der Waals surface area contributed by atoms with E-state index in [9.17, 15) is 5.11 Å². The average molecular weight is 372 g/mol. The lowest BCUT2D eigenvalue weighted by Gasteiger charge is -2.20. The summed E-state index contributed by atoms with van der Waals surface area (Å²) in [5.41, 5.74) is 1.87. The molecule has 27 heavy (non-hydrogen) atoms. The average Bonchev–Trinajstić information content (AvgIpc) is 3.51. The number of anilines is 3. The molecule has 146 valence electrons. The maximum Gasteiger partial charge on any atom is 0.225 e. The van der Waals surface area contributed by atoms with Gasteiger partial charge in [-0.1, -0.05) is 13.8 Å². The van der Waals surface area contributed by atoms with Crippen LogP contribution in [0.3, 0.4) is 0 Å². The molecule has 1 aliphatic carbocycles. The number of hydrogen-bond acceptors (Lipinski definition) is 7. The number of nitrogens with zero attached hydrogens (tertiary/aromatic N) is 2. The summed E-state index contributed by atoms with van der Waals surface area (Å²) in [6.07, 6.45) is 2.31. The first kappa shape index (κ1) is 19.2. The van der Waals surface area contributed by atoms with Crippen LogP contribution in [0.1, 0.15) is 38.3 Å². The highest BCUT2D eigenvalue weighted by molar-refractivity contribution is 5.62. The number of aliphatic hydroxyl groups is 1. The monoisotopic (exact) mass is 372 g/mol. The van der Waals surface area contributed by atoms with E-state index in [2.05, 4.69) is 34.4 Å². The van der Waals surface area contributed by atoms with Crippen LogP contribution in [-0.2, 0) is 0 Å². The van der Waals surface area contributed by atoms with Crippen molar-refractivity contribution in [2.45, 2.75) is 38.6 Å². The summed E-state index contributed by atoms with van der Waals surface area (Å²) in [6, 6.07) is 7.54. The molecule has 3 rings (SSSR count). The van der Waals surface area contributed by atoms with Gasteiger partial charge in [0, 0.05) is 23.7 Å². The summed E-state index contributed by atoms with van der Waals surface area (Å²) in [6.45, 7) is 4.15. The SMILES string of the molecule is COc1ccc(Nc2cc(C3CC3)nc(N[C@@H](CO)C(C)C)n2)cc1OC. The van der Waals surface area contributed by atoms with E-state index in [1.165, 1.54) is 0 Å². The number of methoxy groups -OCH3 is 2. The van der Waals surface area contributed by atoms with E-state index in [4.69, 9.17) is 9.47 Å². The van der Waals surface area contributed by atoms with Gasteiger partial charge in [0.1, 0.15) is 5.82 Å². The van der Waals surface area contributed by atoms with Gasteiger partial charge in [-0.25, -0.2) is 4.98 Å². The first-order valence-electron chi connectivity index (χ1n) is 9.29. The zero-order valence-electron chi connectivity index (χ0n) is 16.3. The minimum atomic E-state index is -0.0895. The molecule has 1 saturated carbocycles. The number of aromatic nitrogens is 2. The van der Waals surface area contributed by atoms with Gasteiger partial charge in [0.05, 0.1) is 32.6 Å². The Morgan fingerprint density at radius 3 is 2.44 bits per heavy atom. The van der Waals surface area contributed by atoms with Crippen molar-refractivity contribution in [2.24, 2.45) is 5.92 Å². The quantitative estimate of drug-likeness (QED) is 0.620. The third kappa shape index (κ3) is 4.80. The van der Waals surface area contributed by atoms with Gasteiger partial charge in [0.2, 0.25) is 5.95 Å². The molecule has 0 radical (unpaired) electrons. The highest BCUT2D eigenvalue weighted by Crippen LogP contribution is 2.40. The fourth-order valence-corrected chi connectivity index (χ4v) is 2.83. The van der Waals surface area contributed by atoms with Gasteiger partial charge in [-0.15, -0.1) is 0 Å². The maximum atomic E-state index is 9.60. The van der Waals surface area contributed by atoms with Crippen LogP contribution in [0.25, 0.3) is 0 Å². The molecule has 0 unspecified atom stereocenters. The van der Waals surface area contributed by atoms with Crippen molar-refractivity contribution >= 4 is 17.5 Å². The highest BCUT2D eigenvalue weighted by atomic mass is 16.5. The molecule has 1 aliphatic rings. The summed E-state index contributed by atoms with van der Waals surface area (Å²) in [5.74, 6) is 3.33.